The van der Waals surface area contributed by atoms with Gasteiger partial charge in [-0.1, -0.05) is 42.9 Å². The number of hydrogen-bond acceptors (Lipinski definition) is 16. The fourth-order valence-corrected chi connectivity index (χ4v) is 13.8. The third kappa shape index (κ3) is 15.7. The minimum atomic E-state index is -5.11. The second kappa shape index (κ2) is 26.5. The van der Waals surface area contributed by atoms with Gasteiger partial charge in [0.25, 0.3) is 50.6 Å². The van der Waals surface area contributed by atoms with Gasteiger partial charge >= 0.3 is 5.97 Å². The number of carboxylic acids is 1. The van der Waals surface area contributed by atoms with E-state index in [0.717, 1.165) is 6.07 Å². The second-order valence-electron chi connectivity index (χ2n) is 19.7. The molecule has 0 aliphatic carbocycles. The van der Waals surface area contributed by atoms with Gasteiger partial charge in [0.05, 0.1) is 60.6 Å². The topological polar surface area (TPSA) is 352 Å². The molecule has 4 aromatic carbocycles. The highest BCUT2D eigenvalue weighted by Crippen LogP contribution is 2.54. The Balaban J connectivity index is 1.41. The number of nitrogens with zero attached hydrogens (tertiary/aromatic N) is 2. The largest absolute Gasteiger partial charge is 0.481 e. The SMILES string of the molecule is CC[N+]1=C(/C=C/C=C/C=C/C=C2/N(CCCCCC(=O)O)c3ccc4c(S(=O)(=O)O)cc(S(=O)(=O)O)cc4c3C2(C)CCCS(=O)(=O)O)C(C)(CCOCCOCCOCCOC)c2c1ccc1c(S(=O)(=O)O)cc(S(=O)(=O)O)cc21. The van der Waals surface area contributed by atoms with Crippen LogP contribution in [0.1, 0.15) is 76.8 Å². The summed E-state index contributed by atoms with van der Waals surface area (Å²) in [5.41, 5.74) is 0.731. The maximum Gasteiger partial charge on any atom is 0.303 e. The van der Waals surface area contributed by atoms with Crippen molar-refractivity contribution >= 4 is 95.2 Å². The molecule has 28 heteroatoms. The zero-order chi connectivity index (χ0) is 59.8. The molecule has 6 N–H and O–H groups in total. The number of methoxy groups -OCH3 is 1. The molecule has 4 aromatic rings. The lowest BCUT2D eigenvalue weighted by atomic mass is 9.75. The van der Waals surface area contributed by atoms with E-state index in [2.05, 4.69) is 0 Å². The highest BCUT2D eigenvalue weighted by molar-refractivity contribution is 7.87. The number of benzene rings is 4. The molecular weight excluding hydrogens is 1160 g/mol. The van der Waals surface area contributed by atoms with Crippen LogP contribution in [0.4, 0.5) is 11.4 Å². The number of fused-ring (bicyclic) bond motifs is 6. The maximum atomic E-state index is 12.8. The number of hydrogen-bond donors (Lipinski definition) is 6. The third-order valence-corrected chi connectivity index (χ3v) is 18.4. The van der Waals surface area contributed by atoms with Crippen molar-refractivity contribution in [3.8, 4) is 0 Å². The molecule has 0 bridgehead atoms. The summed E-state index contributed by atoms with van der Waals surface area (Å²) in [4.78, 5) is 10.1. The summed E-state index contributed by atoms with van der Waals surface area (Å²) >= 11 is 0. The van der Waals surface area contributed by atoms with Crippen LogP contribution in [0.3, 0.4) is 0 Å². The number of allylic oxidation sites excluding steroid dienone is 8. The standard InChI is InChI=1S/C53H66N2O21S5/c1-5-54-43-20-18-39-41(33-37(78(61,62)63)35-45(39)80(67,68)69)50(43)53(3,23-25-74-28-29-76-31-30-75-27-26-73-4)47(54)15-10-7-6-8-11-16-48-52(2,22-14-32-77(58,59)60)51-42-34-38(79(64,65)66)36-46(81(70,71)72)40(42)19-21-44(51)55(48)24-13-9-12-17-49(56)57/h6-8,10-11,15-16,18-21,33-36H,5,9,12-14,17,22-32H2,1-4H3,(H5-,56,57,58,59,60,61,62,63,64,65,66,67,68,69,70,71,72)/p+1. The summed E-state index contributed by atoms with van der Waals surface area (Å²) in [5, 5.41) is 9.32. The van der Waals surface area contributed by atoms with E-state index in [4.69, 9.17) is 18.9 Å². The van der Waals surface area contributed by atoms with E-state index in [1.165, 1.54) is 18.2 Å². The molecule has 0 fully saturated rings. The molecular formula is C53H67N2O21S5+. The van der Waals surface area contributed by atoms with Crippen molar-refractivity contribution in [2.75, 3.05) is 77.1 Å². The molecule has 0 saturated carbocycles. The van der Waals surface area contributed by atoms with Crippen LogP contribution in [-0.2, 0) is 85.2 Å². The Morgan fingerprint density at radius 2 is 1.12 bits per heavy atom. The summed E-state index contributed by atoms with van der Waals surface area (Å²) in [6.45, 7) is 8.20. The van der Waals surface area contributed by atoms with E-state index in [1.807, 2.05) is 29.4 Å². The quantitative estimate of drug-likeness (QED) is 0.0127. The predicted octanol–water partition coefficient (Wildman–Crippen LogP) is 7.09. The Bertz CT molecular complexity index is 3780. The van der Waals surface area contributed by atoms with Gasteiger partial charge in [0.2, 0.25) is 5.69 Å². The smallest absolute Gasteiger partial charge is 0.303 e. The average molecular weight is 1230 g/mol. The van der Waals surface area contributed by atoms with Crippen molar-refractivity contribution in [3.63, 3.8) is 0 Å². The van der Waals surface area contributed by atoms with E-state index in [1.54, 1.807) is 62.6 Å². The fraction of sp³-hybridized carbons (Fsp3) is 0.434. The Morgan fingerprint density at radius 1 is 0.593 bits per heavy atom. The van der Waals surface area contributed by atoms with E-state index in [9.17, 15) is 74.8 Å². The molecule has 2 heterocycles. The Labute approximate surface area is 472 Å². The van der Waals surface area contributed by atoms with Crippen LogP contribution in [0, 0.1) is 0 Å². The van der Waals surface area contributed by atoms with Crippen LogP contribution >= 0.6 is 0 Å². The van der Waals surface area contributed by atoms with Crippen molar-refractivity contribution < 1.29 is 98.3 Å². The van der Waals surface area contributed by atoms with Gasteiger partial charge in [-0.3, -0.25) is 27.6 Å². The molecule has 81 heavy (non-hydrogen) atoms. The second-order valence-corrected chi connectivity index (χ2v) is 26.8. The predicted molar refractivity (Wildman–Crippen MR) is 301 cm³/mol. The van der Waals surface area contributed by atoms with Gasteiger partial charge in [-0.05, 0) is 112 Å². The summed E-state index contributed by atoms with van der Waals surface area (Å²) in [5.74, 6) is -1.66. The highest BCUT2D eigenvalue weighted by Gasteiger charge is 2.49. The molecule has 2 aliphatic rings. The van der Waals surface area contributed by atoms with Crippen molar-refractivity contribution in [2.45, 2.75) is 96.1 Å². The lowest BCUT2D eigenvalue weighted by Crippen LogP contribution is -2.33. The molecule has 6 rings (SSSR count). The molecule has 0 radical (unpaired) electrons. The van der Waals surface area contributed by atoms with Crippen LogP contribution in [0.15, 0.2) is 116 Å². The van der Waals surface area contributed by atoms with Crippen molar-refractivity contribution in [1.82, 2.24) is 0 Å². The normalized spacial score (nSPS) is 18.7. The van der Waals surface area contributed by atoms with Crippen LogP contribution in [-0.4, -0.2) is 158 Å². The van der Waals surface area contributed by atoms with Gasteiger partial charge in [-0.2, -0.15) is 46.7 Å². The van der Waals surface area contributed by atoms with E-state index in [0.29, 0.717) is 98.3 Å². The highest BCUT2D eigenvalue weighted by atomic mass is 32.2. The minimum absolute atomic E-state index is 0.000483. The van der Waals surface area contributed by atoms with E-state index < -0.39 is 92.7 Å². The summed E-state index contributed by atoms with van der Waals surface area (Å²) in [6, 6.07) is 9.59. The van der Waals surface area contributed by atoms with Crippen molar-refractivity contribution in [1.29, 1.82) is 0 Å². The number of anilines is 1. The number of rotatable bonds is 31. The van der Waals surface area contributed by atoms with Gasteiger partial charge in [0.15, 0.2) is 5.71 Å². The minimum Gasteiger partial charge on any atom is -0.481 e. The molecule has 23 nitrogen and oxygen atoms in total. The Hall–Kier alpha value is -5.31. The van der Waals surface area contributed by atoms with E-state index in [-0.39, 0.29) is 73.6 Å². The van der Waals surface area contributed by atoms with Gasteiger partial charge in [0, 0.05) is 72.0 Å². The average Bonchev–Trinajstić information content (AvgIpc) is 3.28. The van der Waals surface area contributed by atoms with Crippen molar-refractivity contribution in [3.05, 3.63) is 108 Å². The summed E-state index contributed by atoms with van der Waals surface area (Å²) < 4.78 is 200. The first kappa shape index (κ1) is 64.9. The van der Waals surface area contributed by atoms with E-state index >= 15 is 0 Å². The van der Waals surface area contributed by atoms with Crippen LogP contribution in [0.5, 0.6) is 0 Å². The number of unbranched alkanes of at least 4 members (excludes halogenated alkanes) is 2. The fourth-order valence-electron chi connectivity index (χ4n) is 10.6. The molecule has 2 aliphatic heterocycles. The maximum absolute atomic E-state index is 12.8. The first-order valence-corrected chi connectivity index (χ1v) is 32.9. The molecule has 444 valence electrons. The summed E-state index contributed by atoms with van der Waals surface area (Å²) in [7, 11) is -23.1. The van der Waals surface area contributed by atoms with Gasteiger partial charge in [-0.25, -0.2) is 0 Å². The number of ether oxygens (including phenoxy) is 4. The molecule has 0 saturated heterocycles. The van der Waals surface area contributed by atoms with Crippen LogP contribution in [0.25, 0.3) is 21.5 Å². The molecule has 0 amide bonds. The number of carboxylic acid groups (broad SMARTS) is 1. The zero-order valence-electron chi connectivity index (χ0n) is 44.9. The third-order valence-electron chi connectivity index (χ3n) is 14.2. The lowest BCUT2D eigenvalue weighted by molar-refractivity contribution is -0.433. The molecule has 2 unspecified atom stereocenters. The Morgan fingerprint density at radius 3 is 1.65 bits per heavy atom. The van der Waals surface area contributed by atoms with Crippen LogP contribution in [0.2, 0.25) is 0 Å². The monoisotopic (exact) mass is 1230 g/mol. The first-order chi connectivity index (χ1) is 37.9. The number of aliphatic carboxylic acids is 1. The zero-order valence-corrected chi connectivity index (χ0v) is 49.0. The molecule has 0 spiro atoms. The lowest BCUT2D eigenvalue weighted by Gasteiger charge is -2.31. The van der Waals surface area contributed by atoms with Crippen molar-refractivity contribution in [2.24, 2.45) is 0 Å². The molecule has 2 atom stereocenters. The first-order valence-electron chi connectivity index (χ1n) is 25.5. The van der Waals surface area contributed by atoms with Crippen LogP contribution < -0.4 is 4.90 Å². The van der Waals surface area contributed by atoms with Gasteiger partial charge in [-0.15, -0.1) is 0 Å². The van der Waals surface area contributed by atoms with Gasteiger partial charge < -0.3 is 29.0 Å². The summed E-state index contributed by atoms with van der Waals surface area (Å²) in [6.07, 6.45) is 13.2. The van der Waals surface area contributed by atoms with Gasteiger partial charge in [0.1, 0.15) is 16.3 Å². The molecule has 0 aromatic heterocycles. The Kier molecular flexibility index (Phi) is 21.2. The number of carbonyl (C=O) groups is 1.